The maximum Gasteiger partial charge on any atom is 0.488 e. The molecule has 1 aliphatic rings. The number of carbonyl (C=O) groups is 1. The molecule has 1 aliphatic heterocycles. The number of primary amides is 1. The maximum atomic E-state index is 12.0. The van der Waals surface area contributed by atoms with E-state index in [2.05, 4.69) is 22.2 Å². The molecule has 0 aliphatic carbocycles. The highest BCUT2D eigenvalue weighted by molar-refractivity contribution is 6.58. The normalized spacial score (nSPS) is 13.6. The molecule has 1 amide bonds. The van der Waals surface area contributed by atoms with Gasteiger partial charge in [-0.3, -0.25) is 4.79 Å². The number of anilines is 1. The zero-order chi connectivity index (χ0) is 24.7. The Morgan fingerprint density at radius 1 is 1.23 bits per heavy atom. The number of likely N-dealkylation sites (N-methyl/N-ethyl adjacent to an activating group) is 1. The fraction of sp³-hybridized carbons (Fsp3) is 0.240. The van der Waals surface area contributed by atoms with E-state index in [-0.39, 0.29) is 0 Å². The molecule has 35 heavy (non-hydrogen) atoms. The van der Waals surface area contributed by atoms with Gasteiger partial charge in [-0.15, -0.1) is 0 Å². The molecular weight excluding hydrogens is 443 g/mol. The molecule has 0 saturated heterocycles. The molecule has 10 heteroatoms. The zero-order valence-electron chi connectivity index (χ0n) is 19.7. The number of carbonyl (C=O) groups excluding carboxylic acids is 1. The first-order valence-electron chi connectivity index (χ1n) is 11.5. The quantitative estimate of drug-likeness (QED) is 0.268. The topological polar surface area (TPSA) is 140 Å². The lowest BCUT2D eigenvalue weighted by atomic mass is 9.79. The second-order valence-electron chi connectivity index (χ2n) is 9.00. The number of hydrogen-bond acceptors (Lipinski definition) is 7. The summed E-state index contributed by atoms with van der Waals surface area (Å²) in [5.41, 5.74) is 11.8. The average Bonchev–Trinajstić information content (AvgIpc) is 3.18. The van der Waals surface area contributed by atoms with Crippen LogP contribution in [0.1, 0.15) is 32.9 Å². The SMILES string of the molecule is Cc1[nH]c2c(C(N)=O)cccc2c1-c1nc2c(c(NCc3cccc(B(O)O)c3)n1)CN(C)CC2. The van der Waals surface area contributed by atoms with Crippen LogP contribution in [0.15, 0.2) is 42.5 Å². The van der Waals surface area contributed by atoms with E-state index in [4.69, 9.17) is 15.7 Å². The van der Waals surface area contributed by atoms with Crippen LogP contribution in [0.2, 0.25) is 0 Å². The molecule has 4 aromatic rings. The van der Waals surface area contributed by atoms with Crippen molar-refractivity contribution >= 4 is 35.2 Å². The van der Waals surface area contributed by atoms with Crippen molar-refractivity contribution < 1.29 is 14.8 Å². The number of nitrogens with one attached hydrogen (secondary N) is 2. The maximum absolute atomic E-state index is 12.0. The summed E-state index contributed by atoms with van der Waals surface area (Å²) in [4.78, 5) is 27.4. The molecule has 0 bridgehead atoms. The number of aromatic nitrogens is 3. The Morgan fingerprint density at radius 3 is 2.80 bits per heavy atom. The van der Waals surface area contributed by atoms with Crippen LogP contribution in [0.4, 0.5) is 5.82 Å². The second kappa shape index (κ2) is 9.14. The van der Waals surface area contributed by atoms with E-state index in [1.165, 1.54) is 0 Å². The molecule has 0 atom stereocenters. The lowest BCUT2D eigenvalue weighted by Crippen LogP contribution is -2.30. The molecular formula is C25H27BN6O3. The van der Waals surface area contributed by atoms with Gasteiger partial charge in [-0.2, -0.15) is 0 Å². The number of benzene rings is 2. The Balaban J connectivity index is 1.59. The number of rotatable bonds is 6. The Labute approximate surface area is 203 Å². The second-order valence-corrected chi connectivity index (χ2v) is 9.00. The van der Waals surface area contributed by atoms with E-state index in [1.54, 1.807) is 24.3 Å². The highest BCUT2D eigenvalue weighted by Gasteiger charge is 2.24. The van der Waals surface area contributed by atoms with Crippen LogP contribution in [-0.4, -0.2) is 56.5 Å². The van der Waals surface area contributed by atoms with E-state index in [1.807, 2.05) is 25.1 Å². The first-order chi connectivity index (χ1) is 16.8. The van der Waals surface area contributed by atoms with Crippen LogP contribution in [0, 0.1) is 6.92 Å². The predicted octanol–water partition coefficient (Wildman–Crippen LogP) is 1.31. The van der Waals surface area contributed by atoms with Crippen molar-refractivity contribution in [2.75, 3.05) is 18.9 Å². The molecule has 5 rings (SSSR count). The summed E-state index contributed by atoms with van der Waals surface area (Å²) >= 11 is 0. The Kier molecular flexibility index (Phi) is 6.02. The minimum absolute atomic E-state index is 0.431. The monoisotopic (exact) mass is 470 g/mol. The molecule has 0 spiro atoms. The number of nitrogens with two attached hydrogens (primary N) is 1. The molecule has 9 nitrogen and oxygen atoms in total. The van der Waals surface area contributed by atoms with Crippen molar-refractivity contribution in [2.24, 2.45) is 5.73 Å². The number of H-pyrrole nitrogens is 1. The molecule has 0 saturated carbocycles. The number of nitrogens with zero attached hydrogens (tertiary/aromatic N) is 3. The van der Waals surface area contributed by atoms with Gasteiger partial charge < -0.3 is 31.0 Å². The summed E-state index contributed by atoms with van der Waals surface area (Å²) in [5, 5.41) is 23.3. The van der Waals surface area contributed by atoms with Crippen LogP contribution in [0.25, 0.3) is 22.3 Å². The van der Waals surface area contributed by atoms with Crippen molar-refractivity contribution in [3.8, 4) is 11.4 Å². The van der Waals surface area contributed by atoms with Crippen LogP contribution < -0.4 is 16.5 Å². The number of hydrogen-bond donors (Lipinski definition) is 5. The van der Waals surface area contributed by atoms with E-state index < -0.39 is 13.0 Å². The molecule has 3 heterocycles. The molecule has 6 N–H and O–H groups in total. The van der Waals surface area contributed by atoms with E-state index >= 15 is 0 Å². The van der Waals surface area contributed by atoms with Gasteiger partial charge in [0.15, 0.2) is 5.82 Å². The highest BCUT2D eigenvalue weighted by atomic mass is 16.4. The third-order valence-corrected chi connectivity index (χ3v) is 6.47. The van der Waals surface area contributed by atoms with Crippen molar-refractivity contribution in [1.82, 2.24) is 19.9 Å². The third kappa shape index (κ3) is 4.39. The predicted molar refractivity (Wildman–Crippen MR) is 136 cm³/mol. The van der Waals surface area contributed by atoms with Crippen molar-refractivity contribution in [1.29, 1.82) is 0 Å². The van der Waals surface area contributed by atoms with Gasteiger partial charge in [0.2, 0.25) is 0 Å². The fourth-order valence-corrected chi connectivity index (χ4v) is 4.70. The summed E-state index contributed by atoms with van der Waals surface area (Å²) in [6, 6.07) is 12.6. The summed E-state index contributed by atoms with van der Waals surface area (Å²) < 4.78 is 0. The lowest BCUT2D eigenvalue weighted by molar-refractivity contribution is 0.100. The summed E-state index contributed by atoms with van der Waals surface area (Å²) in [6.07, 6.45) is 0.802. The largest absolute Gasteiger partial charge is 0.488 e. The Hall–Kier alpha value is -3.73. The van der Waals surface area contributed by atoms with Gasteiger partial charge in [-0.05, 0) is 31.1 Å². The van der Waals surface area contributed by atoms with Crippen LogP contribution in [0.5, 0.6) is 0 Å². The average molecular weight is 470 g/mol. The molecule has 178 valence electrons. The van der Waals surface area contributed by atoms with Crippen molar-refractivity contribution in [2.45, 2.75) is 26.4 Å². The molecule has 2 aromatic carbocycles. The number of amides is 1. The minimum Gasteiger partial charge on any atom is -0.423 e. The van der Waals surface area contributed by atoms with Crippen LogP contribution in [-0.2, 0) is 19.5 Å². The Bertz CT molecular complexity index is 1430. The molecule has 0 fully saturated rings. The smallest absolute Gasteiger partial charge is 0.423 e. The summed E-state index contributed by atoms with van der Waals surface area (Å²) in [7, 11) is 0.555. The molecule has 0 unspecified atom stereocenters. The third-order valence-electron chi connectivity index (χ3n) is 6.47. The van der Waals surface area contributed by atoms with E-state index in [0.717, 1.165) is 58.8 Å². The van der Waals surface area contributed by atoms with Crippen LogP contribution in [0.3, 0.4) is 0 Å². The van der Waals surface area contributed by atoms with E-state index in [0.29, 0.717) is 28.9 Å². The van der Waals surface area contributed by atoms with Crippen molar-refractivity contribution in [3.05, 3.63) is 70.5 Å². The first kappa shape index (κ1) is 23.0. The number of aromatic amines is 1. The summed E-state index contributed by atoms with van der Waals surface area (Å²) in [5.74, 6) is 0.836. The standard InChI is InChI=1S/C25H27BN6O3/c1-14-21(17-7-4-8-18(23(27)33)22(17)29-14)25-30-20-9-10-32(2)13-19(20)24(31-25)28-12-15-5-3-6-16(11-15)26(34)35/h3-8,11,29,34-35H,9-10,12-13H2,1-2H3,(H2,27,33)(H,28,30,31). The number of fused-ring (bicyclic) bond motifs is 2. The fourth-order valence-electron chi connectivity index (χ4n) is 4.70. The minimum atomic E-state index is -1.52. The van der Waals surface area contributed by atoms with Gasteiger partial charge in [-0.25, -0.2) is 9.97 Å². The Morgan fingerprint density at radius 2 is 2.03 bits per heavy atom. The number of aryl methyl sites for hydroxylation is 1. The zero-order valence-corrected chi connectivity index (χ0v) is 19.7. The summed E-state index contributed by atoms with van der Waals surface area (Å²) in [6.45, 7) is 4.03. The van der Waals surface area contributed by atoms with Crippen LogP contribution >= 0.6 is 0 Å². The van der Waals surface area contributed by atoms with Gasteiger partial charge >= 0.3 is 7.12 Å². The first-order valence-corrected chi connectivity index (χ1v) is 11.5. The molecule has 0 radical (unpaired) electrons. The van der Waals surface area contributed by atoms with Gasteiger partial charge in [0.25, 0.3) is 5.91 Å². The highest BCUT2D eigenvalue weighted by Crippen LogP contribution is 2.34. The lowest BCUT2D eigenvalue weighted by Gasteiger charge is -2.26. The van der Waals surface area contributed by atoms with Crippen molar-refractivity contribution in [3.63, 3.8) is 0 Å². The van der Waals surface area contributed by atoms with E-state index in [9.17, 15) is 14.8 Å². The number of para-hydroxylation sites is 1. The molecule has 2 aromatic heterocycles. The van der Waals surface area contributed by atoms with Gasteiger partial charge in [0.1, 0.15) is 5.82 Å². The van der Waals surface area contributed by atoms with Gasteiger partial charge in [0, 0.05) is 48.3 Å². The van der Waals surface area contributed by atoms with Gasteiger partial charge in [0.05, 0.1) is 16.8 Å². The van der Waals surface area contributed by atoms with Gasteiger partial charge in [-0.1, -0.05) is 36.4 Å².